The van der Waals surface area contributed by atoms with Gasteiger partial charge in [0, 0.05) is 12.0 Å². The van der Waals surface area contributed by atoms with Crippen molar-refractivity contribution >= 4 is 41.3 Å². The van der Waals surface area contributed by atoms with Crippen LogP contribution >= 0.6 is 0 Å². The molecule has 0 aliphatic rings. The molecule has 0 aromatic heterocycles. The summed E-state index contributed by atoms with van der Waals surface area (Å²) in [6, 6.07) is 6.91. The molecular formula is C24H39NaO4. The van der Waals surface area contributed by atoms with Gasteiger partial charge in [0.15, 0.2) is 11.9 Å². The summed E-state index contributed by atoms with van der Waals surface area (Å²) in [6.45, 7) is 4.36. The topological polar surface area (TPSA) is 63.6 Å². The maximum atomic E-state index is 12.2. The summed E-state index contributed by atoms with van der Waals surface area (Å²) < 4.78 is 5.65. The Hall–Kier alpha value is -0.840. The van der Waals surface area contributed by atoms with E-state index in [2.05, 4.69) is 13.8 Å². The molecule has 29 heavy (non-hydrogen) atoms. The molecule has 4 nitrogen and oxygen atoms in total. The number of ketones is 1. The molecule has 1 N–H and O–H groups in total. The minimum absolute atomic E-state index is 0. The third-order valence-corrected chi connectivity index (χ3v) is 5.06. The minimum atomic E-state index is -0.930. The fourth-order valence-corrected chi connectivity index (χ4v) is 3.26. The Balaban J connectivity index is 0.00000784. The van der Waals surface area contributed by atoms with Crippen LogP contribution in [0.2, 0.25) is 0 Å². The van der Waals surface area contributed by atoms with Crippen molar-refractivity contribution in [3.8, 4) is 5.75 Å². The Morgan fingerprint density at radius 2 is 1.34 bits per heavy atom. The van der Waals surface area contributed by atoms with E-state index in [-0.39, 0.29) is 35.3 Å². The van der Waals surface area contributed by atoms with Gasteiger partial charge in [0.25, 0.3) is 0 Å². The molecule has 1 rings (SSSR count). The van der Waals surface area contributed by atoms with Crippen LogP contribution in [0.4, 0.5) is 0 Å². The van der Waals surface area contributed by atoms with Crippen molar-refractivity contribution in [2.24, 2.45) is 0 Å². The number of unbranched alkanes of at least 4 members (excludes halogenated alkanes) is 9. The van der Waals surface area contributed by atoms with E-state index in [0.717, 1.165) is 32.1 Å². The van der Waals surface area contributed by atoms with Crippen LogP contribution in [-0.2, 0) is 4.79 Å². The first-order valence-corrected chi connectivity index (χ1v) is 11.1. The van der Waals surface area contributed by atoms with Gasteiger partial charge in [-0.3, -0.25) is 4.79 Å². The summed E-state index contributed by atoms with van der Waals surface area (Å²) in [7, 11) is 0. The second kappa shape index (κ2) is 18.0. The van der Waals surface area contributed by atoms with E-state index in [9.17, 15) is 14.7 Å². The molecule has 1 aromatic carbocycles. The Labute approximate surface area is 199 Å². The maximum absolute atomic E-state index is 12.2. The normalized spacial score (nSPS) is 11.5. The molecule has 0 saturated carbocycles. The first kappa shape index (κ1) is 28.2. The number of carbonyl (C=O) groups excluding carboxylic acids is 1. The predicted octanol–water partition coefficient (Wildman–Crippen LogP) is 6.16. The molecule has 0 fully saturated rings. The average molecular weight is 415 g/mol. The fraction of sp³-hybridized carbons (Fsp3) is 0.667. The van der Waals surface area contributed by atoms with Crippen molar-refractivity contribution < 1.29 is 19.4 Å². The van der Waals surface area contributed by atoms with Gasteiger partial charge in [0.1, 0.15) is 5.75 Å². The standard InChI is InChI=1S/C24H38O4.Na.H/c1-3-5-7-9-11-13-15-23(24(26)27)28-21-18-16-20(17-19-21)22(25)14-12-10-8-6-4-2;;/h16-19,23H,3-15H2,1-2H3,(H,26,27);;/t23-;;/m1../s1. The fourth-order valence-electron chi connectivity index (χ4n) is 3.26. The summed E-state index contributed by atoms with van der Waals surface area (Å²) in [5.41, 5.74) is 0.672. The number of ether oxygens (including phenoxy) is 1. The number of benzene rings is 1. The predicted molar refractivity (Wildman–Crippen MR) is 121 cm³/mol. The monoisotopic (exact) mass is 414 g/mol. The summed E-state index contributed by atoms with van der Waals surface area (Å²) >= 11 is 0. The van der Waals surface area contributed by atoms with Crippen LogP contribution in [-0.4, -0.2) is 52.5 Å². The summed E-state index contributed by atoms with van der Waals surface area (Å²) in [5, 5.41) is 9.40. The van der Waals surface area contributed by atoms with Gasteiger partial charge in [0.05, 0.1) is 0 Å². The SMILES string of the molecule is CCCCCCCC[C@@H](Oc1ccc(C(=O)CCCCCCC)cc1)C(=O)O.[NaH]. The number of carboxylic acid groups (broad SMARTS) is 1. The Morgan fingerprint density at radius 3 is 1.90 bits per heavy atom. The van der Waals surface area contributed by atoms with Crippen molar-refractivity contribution in [2.45, 2.75) is 103 Å². The van der Waals surface area contributed by atoms with E-state index >= 15 is 0 Å². The number of hydrogen-bond donors (Lipinski definition) is 1. The van der Waals surface area contributed by atoms with Crippen LogP contribution in [0.3, 0.4) is 0 Å². The molecule has 0 saturated heterocycles. The van der Waals surface area contributed by atoms with Crippen LogP contribution in [0.15, 0.2) is 24.3 Å². The van der Waals surface area contributed by atoms with Crippen LogP contribution in [0.1, 0.15) is 108 Å². The number of Topliss-reactive ketones (excluding diaryl/α,β-unsaturated/α-hetero) is 1. The molecule has 0 radical (unpaired) electrons. The van der Waals surface area contributed by atoms with Crippen molar-refractivity contribution in [2.75, 3.05) is 0 Å². The van der Waals surface area contributed by atoms with E-state index in [1.807, 2.05) is 0 Å². The summed E-state index contributed by atoms with van der Waals surface area (Å²) in [5.74, 6) is -0.274. The van der Waals surface area contributed by atoms with Gasteiger partial charge in [0.2, 0.25) is 0 Å². The molecule has 0 aliphatic carbocycles. The molecular weight excluding hydrogens is 375 g/mol. The Bertz CT molecular complexity index is 557. The van der Waals surface area contributed by atoms with E-state index in [1.165, 1.54) is 38.5 Å². The van der Waals surface area contributed by atoms with Gasteiger partial charge in [-0.2, -0.15) is 0 Å². The van der Waals surface area contributed by atoms with Gasteiger partial charge in [-0.25, -0.2) is 4.79 Å². The Morgan fingerprint density at radius 1 is 0.828 bits per heavy atom. The number of carbonyl (C=O) groups is 2. The number of aliphatic carboxylic acids is 1. The zero-order valence-electron chi connectivity index (χ0n) is 17.8. The number of hydrogen-bond acceptors (Lipinski definition) is 3. The van der Waals surface area contributed by atoms with Crippen molar-refractivity contribution in [3.05, 3.63) is 29.8 Å². The second-order valence-electron chi connectivity index (χ2n) is 7.61. The van der Waals surface area contributed by atoms with E-state index in [1.54, 1.807) is 24.3 Å². The van der Waals surface area contributed by atoms with Crippen molar-refractivity contribution in [3.63, 3.8) is 0 Å². The molecule has 0 bridgehead atoms. The zero-order chi connectivity index (χ0) is 20.6. The van der Waals surface area contributed by atoms with Gasteiger partial charge in [-0.1, -0.05) is 71.6 Å². The third-order valence-electron chi connectivity index (χ3n) is 5.06. The Kier molecular flexibility index (Phi) is 17.5. The zero-order valence-corrected chi connectivity index (χ0v) is 17.8. The van der Waals surface area contributed by atoms with Crippen LogP contribution in [0, 0.1) is 0 Å². The average Bonchev–Trinajstić information content (AvgIpc) is 2.69. The molecule has 0 spiro atoms. The third kappa shape index (κ3) is 13.1. The molecule has 0 aliphatic heterocycles. The van der Waals surface area contributed by atoms with Gasteiger partial charge < -0.3 is 9.84 Å². The molecule has 1 aromatic rings. The summed E-state index contributed by atoms with van der Waals surface area (Å²) in [6.07, 6.45) is 12.6. The van der Waals surface area contributed by atoms with Crippen LogP contribution < -0.4 is 4.74 Å². The number of carboxylic acids is 1. The van der Waals surface area contributed by atoms with Gasteiger partial charge >= 0.3 is 35.5 Å². The van der Waals surface area contributed by atoms with Gasteiger partial charge in [-0.05, 0) is 43.5 Å². The molecule has 5 heteroatoms. The van der Waals surface area contributed by atoms with Gasteiger partial charge in [-0.15, -0.1) is 0 Å². The van der Waals surface area contributed by atoms with E-state index in [0.29, 0.717) is 24.2 Å². The number of rotatable bonds is 17. The van der Waals surface area contributed by atoms with Crippen LogP contribution in [0.25, 0.3) is 0 Å². The first-order chi connectivity index (χ1) is 13.6. The van der Waals surface area contributed by atoms with Crippen molar-refractivity contribution in [1.82, 2.24) is 0 Å². The van der Waals surface area contributed by atoms with E-state index in [4.69, 9.17) is 4.74 Å². The molecule has 160 valence electrons. The second-order valence-corrected chi connectivity index (χ2v) is 7.61. The molecule has 0 heterocycles. The quantitative estimate of drug-likeness (QED) is 0.188. The van der Waals surface area contributed by atoms with E-state index < -0.39 is 12.1 Å². The van der Waals surface area contributed by atoms with Crippen molar-refractivity contribution in [1.29, 1.82) is 0 Å². The summed E-state index contributed by atoms with van der Waals surface area (Å²) in [4.78, 5) is 23.7. The molecule has 0 amide bonds. The molecule has 0 unspecified atom stereocenters. The molecule has 1 atom stereocenters. The van der Waals surface area contributed by atoms with Crippen LogP contribution in [0.5, 0.6) is 5.75 Å². The first-order valence-electron chi connectivity index (χ1n) is 11.1.